The summed E-state index contributed by atoms with van der Waals surface area (Å²) in [6, 6.07) is 13.8. The van der Waals surface area contributed by atoms with E-state index in [4.69, 9.17) is 18.0 Å². The van der Waals surface area contributed by atoms with Crippen LogP contribution in [0.2, 0.25) is 0 Å². The fourth-order valence-electron chi connectivity index (χ4n) is 1.51. The number of aromatic nitrogens is 1. The van der Waals surface area contributed by atoms with Crippen LogP contribution in [0.3, 0.4) is 0 Å². The van der Waals surface area contributed by atoms with Gasteiger partial charge in [-0.25, -0.2) is 0 Å². The van der Waals surface area contributed by atoms with Gasteiger partial charge in [-0.15, -0.1) is 0 Å². The molecule has 0 unspecified atom stereocenters. The molecule has 2 nitrogen and oxygen atoms in total. The number of rotatable bonds is 2. The first-order valence-corrected chi connectivity index (χ1v) is 5.41. The molecule has 3 heteroatoms. The molecule has 2 rings (SSSR count). The molecular formula is C13H12N2S. The minimum Gasteiger partial charge on any atom is -0.389 e. The maximum absolute atomic E-state index is 5.54. The Morgan fingerprint density at radius 2 is 1.81 bits per heavy atom. The van der Waals surface area contributed by atoms with Crippen LogP contribution < -0.4 is 5.73 Å². The third-order valence-electron chi connectivity index (χ3n) is 2.35. The van der Waals surface area contributed by atoms with E-state index in [-0.39, 0.29) is 0 Å². The molecule has 2 aromatic rings. The first kappa shape index (κ1) is 10.8. The number of pyridine rings is 1. The Morgan fingerprint density at radius 3 is 2.38 bits per heavy atom. The van der Waals surface area contributed by atoms with E-state index >= 15 is 0 Å². The second-order valence-corrected chi connectivity index (χ2v) is 4.05. The Hall–Kier alpha value is -1.74. The van der Waals surface area contributed by atoms with Gasteiger partial charge < -0.3 is 5.73 Å². The minimum absolute atomic E-state index is 0.420. The van der Waals surface area contributed by atoms with Crippen LogP contribution in [-0.4, -0.2) is 9.97 Å². The Bertz CT molecular complexity index is 518. The highest BCUT2D eigenvalue weighted by molar-refractivity contribution is 7.80. The summed E-state index contributed by atoms with van der Waals surface area (Å²) in [5, 5.41) is 0. The van der Waals surface area contributed by atoms with Crippen molar-refractivity contribution >= 4 is 17.2 Å². The highest BCUT2D eigenvalue weighted by Crippen LogP contribution is 2.17. The zero-order valence-corrected chi connectivity index (χ0v) is 9.79. The van der Waals surface area contributed by atoms with Crippen molar-refractivity contribution in [3.05, 3.63) is 53.7 Å². The molecule has 0 radical (unpaired) electrons. The third-order valence-corrected chi connectivity index (χ3v) is 2.59. The van der Waals surface area contributed by atoms with Gasteiger partial charge in [0, 0.05) is 16.8 Å². The number of aryl methyl sites for hydroxylation is 1. The standard InChI is InChI=1S/C13H12N2S/c1-9-3-2-4-12(15-9)10-5-7-11(8-6-10)13(14)16/h2-8H,1H3,(H2,14,16). The van der Waals surface area contributed by atoms with Crippen molar-refractivity contribution in [2.75, 3.05) is 0 Å². The average molecular weight is 228 g/mol. The quantitative estimate of drug-likeness (QED) is 0.803. The number of thiocarbonyl (C=S) groups is 1. The molecule has 1 heterocycles. The van der Waals surface area contributed by atoms with Crippen molar-refractivity contribution in [3.63, 3.8) is 0 Å². The van der Waals surface area contributed by atoms with Crippen LogP contribution in [0.1, 0.15) is 11.3 Å². The van der Waals surface area contributed by atoms with Crippen LogP contribution in [0, 0.1) is 6.92 Å². The number of nitrogens with zero attached hydrogens (tertiary/aromatic N) is 1. The first-order valence-electron chi connectivity index (χ1n) is 5.01. The third kappa shape index (κ3) is 2.25. The molecule has 0 aliphatic heterocycles. The molecule has 2 N–H and O–H groups in total. The molecule has 0 aliphatic rings. The van der Waals surface area contributed by atoms with Crippen molar-refractivity contribution in [2.24, 2.45) is 5.73 Å². The topological polar surface area (TPSA) is 38.9 Å². The van der Waals surface area contributed by atoms with E-state index in [2.05, 4.69) is 4.98 Å². The van der Waals surface area contributed by atoms with E-state index in [0.29, 0.717) is 4.99 Å². The molecule has 1 aromatic heterocycles. The summed E-state index contributed by atoms with van der Waals surface area (Å²) in [5.41, 5.74) is 9.47. The maximum atomic E-state index is 5.54. The van der Waals surface area contributed by atoms with Gasteiger partial charge in [-0.3, -0.25) is 4.98 Å². The summed E-state index contributed by atoms with van der Waals surface area (Å²) in [6.07, 6.45) is 0. The Kier molecular flexibility index (Phi) is 2.97. The molecule has 0 amide bonds. The fourth-order valence-corrected chi connectivity index (χ4v) is 1.65. The summed E-state index contributed by atoms with van der Waals surface area (Å²) < 4.78 is 0. The lowest BCUT2D eigenvalue weighted by atomic mass is 10.1. The van der Waals surface area contributed by atoms with Gasteiger partial charge in [-0.1, -0.05) is 42.5 Å². The molecule has 0 fully saturated rings. The second-order valence-electron chi connectivity index (χ2n) is 3.61. The zero-order chi connectivity index (χ0) is 11.5. The SMILES string of the molecule is Cc1cccc(-c2ccc(C(N)=S)cc2)n1. The summed E-state index contributed by atoms with van der Waals surface area (Å²) >= 11 is 4.90. The largest absolute Gasteiger partial charge is 0.389 e. The zero-order valence-electron chi connectivity index (χ0n) is 8.97. The Balaban J connectivity index is 2.38. The summed E-state index contributed by atoms with van der Waals surface area (Å²) in [7, 11) is 0. The van der Waals surface area contributed by atoms with Crippen molar-refractivity contribution < 1.29 is 0 Å². The second kappa shape index (κ2) is 4.41. The molecule has 80 valence electrons. The van der Waals surface area contributed by atoms with Gasteiger partial charge in [0.05, 0.1) is 5.69 Å². The highest BCUT2D eigenvalue weighted by Gasteiger charge is 2.00. The number of nitrogens with two attached hydrogens (primary N) is 1. The fraction of sp³-hybridized carbons (Fsp3) is 0.0769. The smallest absolute Gasteiger partial charge is 0.103 e. The Morgan fingerprint density at radius 1 is 1.12 bits per heavy atom. The van der Waals surface area contributed by atoms with Crippen LogP contribution in [0.5, 0.6) is 0 Å². The van der Waals surface area contributed by atoms with Gasteiger partial charge in [0.2, 0.25) is 0 Å². The van der Waals surface area contributed by atoms with Gasteiger partial charge >= 0.3 is 0 Å². The summed E-state index contributed by atoms with van der Waals surface area (Å²) in [5.74, 6) is 0. The number of hydrogen-bond donors (Lipinski definition) is 1. The van der Waals surface area contributed by atoms with E-state index in [1.165, 1.54) is 0 Å². The normalized spacial score (nSPS) is 10.1. The molecule has 0 bridgehead atoms. The van der Waals surface area contributed by atoms with Crippen LogP contribution in [0.25, 0.3) is 11.3 Å². The molecule has 0 atom stereocenters. The van der Waals surface area contributed by atoms with Gasteiger partial charge in [0.1, 0.15) is 4.99 Å². The molecule has 0 aliphatic carbocycles. The Labute approximate surface area is 100 Å². The molecule has 0 spiro atoms. The lowest BCUT2D eigenvalue weighted by Crippen LogP contribution is -2.08. The molecule has 0 saturated heterocycles. The lowest BCUT2D eigenvalue weighted by Gasteiger charge is -2.03. The van der Waals surface area contributed by atoms with Crippen molar-refractivity contribution in [2.45, 2.75) is 6.92 Å². The van der Waals surface area contributed by atoms with Crippen LogP contribution in [0.15, 0.2) is 42.5 Å². The lowest BCUT2D eigenvalue weighted by molar-refractivity contribution is 1.20. The minimum atomic E-state index is 0.420. The molecular weight excluding hydrogens is 216 g/mol. The van der Waals surface area contributed by atoms with Gasteiger partial charge in [0.15, 0.2) is 0 Å². The van der Waals surface area contributed by atoms with E-state index in [9.17, 15) is 0 Å². The maximum Gasteiger partial charge on any atom is 0.103 e. The van der Waals surface area contributed by atoms with E-state index in [1.807, 2.05) is 49.4 Å². The van der Waals surface area contributed by atoms with Gasteiger partial charge in [-0.05, 0) is 19.1 Å². The van der Waals surface area contributed by atoms with Gasteiger partial charge in [-0.2, -0.15) is 0 Å². The van der Waals surface area contributed by atoms with Crippen molar-refractivity contribution in [1.29, 1.82) is 0 Å². The van der Waals surface area contributed by atoms with Crippen LogP contribution >= 0.6 is 12.2 Å². The highest BCUT2D eigenvalue weighted by atomic mass is 32.1. The number of hydrogen-bond acceptors (Lipinski definition) is 2. The van der Waals surface area contributed by atoms with Crippen molar-refractivity contribution in [1.82, 2.24) is 4.98 Å². The number of benzene rings is 1. The molecule has 0 saturated carbocycles. The predicted octanol–water partition coefficient (Wildman–Crippen LogP) is 2.69. The molecule has 1 aromatic carbocycles. The monoisotopic (exact) mass is 228 g/mol. The first-order chi connectivity index (χ1) is 7.66. The van der Waals surface area contributed by atoms with E-state index in [1.54, 1.807) is 0 Å². The van der Waals surface area contributed by atoms with Crippen LogP contribution in [-0.2, 0) is 0 Å². The van der Waals surface area contributed by atoms with E-state index in [0.717, 1.165) is 22.5 Å². The summed E-state index contributed by atoms with van der Waals surface area (Å²) in [4.78, 5) is 4.87. The van der Waals surface area contributed by atoms with E-state index < -0.39 is 0 Å². The molecule has 16 heavy (non-hydrogen) atoms. The van der Waals surface area contributed by atoms with Crippen LogP contribution in [0.4, 0.5) is 0 Å². The predicted molar refractivity (Wildman–Crippen MR) is 70.3 cm³/mol. The van der Waals surface area contributed by atoms with Gasteiger partial charge in [0.25, 0.3) is 0 Å². The van der Waals surface area contributed by atoms with Crippen molar-refractivity contribution in [3.8, 4) is 11.3 Å². The summed E-state index contributed by atoms with van der Waals surface area (Å²) in [6.45, 7) is 1.98. The average Bonchev–Trinajstić information content (AvgIpc) is 2.29.